The molecule has 102 valence electrons. The number of nitrogens with two attached hydrogens (primary N) is 1. The monoisotopic (exact) mass is 266 g/mol. The van der Waals surface area contributed by atoms with Crippen molar-refractivity contribution in [2.75, 3.05) is 5.73 Å². The van der Waals surface area contributed by atoms with Crippen LogP contribution in [-0.4, -0.2) is 0 Å². The van der Waals surface area contributed by atoms with Crippen LogP contribution in [0.15, 0.2) is 36.4 Å². The zero-order valence-corrected chi connectivity index (χ0v) is 12.0. The number of nitrogen functional groups attached to an aromatic ring is 1. The quantitative estimate of drug-likeness (QED) is 0.839. The van der Waals surface area contributed by atoms with E-state index in [-0.39, 0.29) is 0 Å². The number of nitrogens with zero attached hydrogens (tertiary/aromatic N) is 1. The van der Waals surface area contributed by atoms with Crippen LogP contribution in [0.25, 0.3) is 0 Å². The van der Waals surface area contributed by atoms with E-state index < -0.39 is 0 Å². The van der Waals surface area contributed by atoms with Gasteiger partial charge in [-0.3, -0.25) is 0 Å². The summed E-state index contributed by atoms with van der Waals surface area (Å²) in [6.07, 6.45) is 0. The van der Waals surface area contributed by atoms with Crippen molar-refractivity contribution in [3.8, 4) is 17.6 Å². The maximum absolute atomic E-state index is 8.85. The van der Waals surface area contributed by atoms with Crippen molar-refractivity contribution in [1.82, 2.24) is 0 Å². The first-order valence-corrected chi connectivity index (χ1v) is 6.59. The molecule has 0 aliphatic rings. The van der Waals surface area contributed by atoms with Crippen molar-refractivity contribution in [3.05, 3.63) is 53.1 Å². The summed E-state index contributed by atoms with van der Waals surface area (Å²) in [5, 5.41) is 8.85. The van der Waals surface area contributed by atoms with E-state index in [2.05, 4.69) is 32.0 Å². The Morgan fingerprint density at radius 2 is 1.85 bits per heavy atom. The summed E-state index contributed by atoms with van der Waals surface area (Å²) in [7, 11) is 0. The predicted molar refractivity (Wildman–Crippen MR) is 80.9 cm³/mol. The van der Waals surface area contributed by atoms with Crippen LogP contribution in [0.1, 0.15) is 36.5 Å². The Labute approximate surface area is 119 Å². The lowest BCUT2D eigenvalue weighted by Crippen LogP contribution is -1.97. The second-order valence-electron chi connectivity index (χ2n) is 5.16. The molecular formula is C17H18N2O. The third-order valence-corrected chi connectivity index (χ3v) is 3.15. The highest BCUT2D eigenvalue weighted by atomic mass is 16.5. The molecule has 0 saturated heterocycles. The van der Waals surface area contributed by atoms with Crippen molar-refractivity contribution in [3.63, 3.8) is 0 Å². The molecule has 0 aliphatic heterocycles. The summed E-state index contributed by atoms with van der Waals surface area (Å²) in [5.41, 5.74) is 9.21. The fourth-order valence-electron chi connectivity index (χ4n) is 2.04. The summed E-state index contributed by atoms with van der Waals surface area (Å²) >= 11 is 0. The molecule has 0 aromatic heterocycles. The Morgan fingerprint density at radius 3 is 2.45 bits per heavy atom. The number of ether oxygens (including phenoxy) is 1. The van der Waals surface area contributed by atoms with Gasteiger partial charge in [-0.2, -0.15) is 5.26 Å². The topological polar surface area (TPSA) is 59.0 Å². The zero-order chi connectivity index (χ0) is 14.7. The van der Waals surface area contributed by atoms with Gasteiger partial charge in [-0.1, -0.05) is 26.0 Å². The van der Waals surface area contributed by atoms with Gasteiger partial charge in [-0.05, 0) is 48.2 Å². The number of hydrogen-bond donors (Lipinski definition) is 1. The first kappa shape index (κ1) is 14.0. The Kier molecular flexibility index (Phi) is 3.95. The summed E-state index contributed by atoms with van der Waals surface area (Å²) in [6, 6.07) is 13.3. The predicted octanol–water partition coefficient (Wildman–Crippen LogP) is 4.36. The van der Waals surface area contributed by atoms with Crippen LogP contribution < -0.4 is 10.5 Å². The highest BCUT2D eigenvalue weighted by molar-refractivity contribution is 5.58. The lowest BCUT2D eigenvalue weighted by Gasteiger charge is -2.15. The van der Waals surface area contributed by atoms with Crippen LogP contribution in [0.3, 0.4) is 0 Å². The maximum atomic E-state index is 8.85. The Balaban J connectivity index is 2.39. The minimum Gasteiger partial charge on any atom is -0.455 e. The summed E-state index contributed by atoms with van der Waals surface area (Å²) < 4.78 is 5.95. The fourth-order valence-corrected chi connectivity index (χ4v) is 2.04. The molecule has 0 heterocycles. The number of anilines is 1. The van der Waals surface area contributed by atoms with Gasteiger partial charge in [0.25, 0.3) is 0 Å². The second-order valence-corrected chi connectivity index (χ2v) is 5.16. The molecule has 0 radical (unpaired) electrons. The molecule has 0 saturated carbocycles. The van der Waals surface area contributed by atoms with Crippen LogP contribution in [0.5, 0.6) is 11.5 Å². The molecule has 2 N–H and O–H groups in total. The molecule has 0 bridgehead atoms. The molecule has 2 aromatic carbocycles. The molecular weight excluding hydrogens is 248 g/mol. The van der Waals surface area contributed by atoms with Crippen molar-refractivity contribution >= 4 is 5.69 Å². The van der Waals surface area contributed by atoms with Gasteiger partial charge in [-0.15, -0.1) is 0 Å². The molecule has 2 rings (SSSR count). The van der Waals surface area contributed by atoms with E-state index in [4.69, 9.17) is 15.7 Å². The zero-order valence-electron chi connectivity index (χ0n) is 12.0. The van der Waals surface area contributed by atoms with Gasteiger partial charge in [0.15, 0.2) is 0 Å². The normalized spacial score (nSPS) is 10.3. The van der Waals surface area contributed by atoms with E-state index in [1.54, 1.807) is 18.2 Å². The second kappa shape index (κ2) is 5.66. The number of benzene rings is 2. The molecule has 0 atom stereocenters. The van der Waals surface area contributed by atoms with E-state index in [1.165, 1.54) is 0 Å². The molecule has 0 aliphatic carbocycles. The number of aryl methyl sites for hydroxylation is 1. The smallest absolute Gasteiger partial charge is 0.150 e. The SMILES string of the molecule is Cc1ccc(C(C)C)c(Oc2ccc(C#N)cc2N)c1. The standard InChI is InChI=1S/C17H18N2O/c1-11(2)14-6-4-12(3)8-17(14)20-16-7-5-13(10-18)9-15(16)19/h4-9,11H,19H2,1-3H3. The lowest BCUT2D eigenvalue weighted by atomic mass is 10.0. The minimum absolute atomic E-state index is 0.366. The molecule has 20 heavy (non-hydrogen) atoms. The minimum atomic E-state index is 0.366. The van der Waals surface area contributed by atoms with Crippen LogP contribution >= 0.6 is 0 Å². The van der Waals surface area contributed by atoms with Crippen molar-refractivity contribution in [1.29, 1.82) is 5.26 Å². The third-order valence-electron chi connectivity index (χ3n) is 3.15. The average Bonchev–Trinajstić information content (AvgIpc) is 2.40. The molecule has 0 spiro atoms. The van der Waals surface area contributed by atoms with E-state index in [1.807, 2.05) is 13.0 Å². The van der Waals surface area contributed by atoms with Gasteiger partial charge in [0.05, 0.1) is 17.3 Å². The first-order valence-electron chi connectivity index (χ1n) is 6.59. The fraction of sp³-hybridized carbons (Fsp3) is 0.235. The largest absolute Gasteiger partial charge is 0.455 e. The Hall–Kier alpha value is -2.47. The van der Waals surface area contributed by atoms with Crippen molar-refractivity contribution in [2.24, 2.45) is 0 Å². The van der Waals surface area contributed by atoms with E-state index >= 15 is 0 Å². The van der Waals surface area contributed by atoms with E-state index in [0.717, 1.165) is 16.9 Å². The van der Waals surface area contributed by atoms with Crippen LogP contribution in [0.2, 0.25) is 0 Å². The summed E-state index contributed by atoms with van der Waals surface area (Å²) in [4.78, 5) is 0. The third kappa shape index (κ3) is 2.92. The average molecular weight is 266 g/mol. The summed E-state index contributed by atoms with van der Waals surface area (Å²) in [5.74, 6) is 1.76. The first-order chi connectivity index (χ1) is 9.51. The van der Waals surface area contributed by atoms with Crippen molar-refractivity contribution < 1.29 is 4.74 Å². The molecule has 3 heteroatoms. The van der Waals surface area contributed by atoms with Gasteiger partial charge in [-0.25, -0.2) is 0 Å². The van der Waals surface area contributed by atoms with E-state index in [9.17, 15) is 0 Å². The highest BCUT2D eigenvalue weighted by Gasteiger charge is 2.11. The van der Waals surface area contributed by atoms with Crippen molar-refractivity contribution in [2.45, 2.75) is 26.7 Å². The number of rotatable bonds is 3. The van der Waals surface area contributed by atoms with Crippen LogP contribution in [0.4, 0.5) is 5.69 Å². The van der Waals surface area contributed by atoms with Gasteiger partial charge in [0, 0.05) is 0 Å². The molecule has 0 amide bonds. The van der Waals surface area contributed by atoms with Gasteiger partial charge >= 0.3 is 0 Å². The molecule has 3 nitrogen and oxygen atoms in total. The maximum Gasteiger partial charge on any atom is 0.150 e. The molecule has 0 unspecified atom stereocenters. The van der Waals surface area contributed by atoms with Gasteiger partial charge < -0.3 is 10.5 Å². The number of nitriles is 1. The highest BCUT2D eigenvalue weighted by Crippen LogP contribution is 2.34. The lowest BCUT2D eigenvalue weighted by molar-refractivity contribution is 0.475. The van der Waals surface area contributed by atoms with E-state index in [0.29, 0.717) is 22.9 Å². The summed E-state index contributed by atoms with van der Waals surface area (Å²) in [6.45, 7) is 6.28. The Bertz CT molecular complexity index is 669. The van der Waals surface area contributed by atoms with Crippen LogP contribution in [-0.2, 0) is 0 Å². The Morgan fingerprint density at radius 1 is 1.10 bits per heavy atom. The number of hydrogen-bond acceptors (Lipinski definition) is 3. The molecule has 0 fully saturated rings. The molecule has 2 aromatic rings. The van der Waals surface area contributed by atoms with Crippen LogP contribution in [0, 0.1) is 18.3 Å². The van der Waals surface area contributed by atoms with Gasteiger partial charge in [0.1, 0.15) is 11.5 Å². The van der Waals surface area contributed by atoms with Gasteiger partial charge in [0.2, 0.25) is 0 Å².